The van der Waals surface area contributed by atoms with E-state index in [9.17, 15) is 0 Å². The predicted octanol–water partition coefficient (Wildman–Crippen LogP) is 4.77. The van der Waals surface area contributed by atoms with Gasteiger partial charge in [0.05, 0.1) is 14.2 Å². The summed E-state index contributed by atoms with van der Waals surface area (Å²) in [5.41, 5.74) is 4.11. The summed E-state index contributed by atoms with van der Waals surface area (Å²) in [5.74, 6) is 8.14. The van der Waals surface area contributed by atoms with Crippen molar-refractivity contribution in [2.24, 2.45) is 0 Å². The zero-order valence-electron chi connectivity index (χ0n) is 13.7. The zero-order chi connectivity index (χ0) is 16.8. The molecule has 3 aromatic carbocycles. The Bertz CT molecular complexity index is 869. The average Bonchev–Trinajstić information content (AvgIpc) is 2.67. The third kappa shape index (κ3) is 3.59. The summed E-state index contributed by atoms with van der Waals surface area (Å²) in [4.78, 5) is 0. The van der Waals surface area contributed by atoms with Crippen LogP contribution in [0.25, 0.3) is 11.1 Å². The highest BCUT2D eigenvalue weighted by Gasteiger charge is 2.05. The molecule has 0 saturated heterocycles. The molecule has 0 fully saturated rings. The number of ether oxygens (including phenoxy) is 2. The van der Waals surface area contributed by atoms with E-state index in [2.05, 4.69) is 24.0 Å². The van der Waals surface area contributed by atoms with Gasteiger partial charge in [-0.3, -0.25) is 0 Å². The Labute approximate surface area is 142 Å². The third-order valence-corrected chi connectivity index (χ3v) is 3.74. The van der Waals surface area contributed by atoms with Crippen LogP contribution in [0, 0.1) is 11.8 Å². The monoisotopic (exact) mass is 314 g/mol. The topological polar surface area (TPSA) is 18.5 Å². The molecule has 0 radical (unpaired) electrons. The Kier molecular flexibility index (Phi) is 4.84. The molecule has 2 nitrogen and oxygen atoms in total. The fourth-order valence-electron chi connectivity index (χ4n) is 2.43. The molecule has 0 unspecified atom stereocenters. The molecule has 3 aromatic rings. The molecular formula is C22H18O2. The number of methoxy groups -OCH3 is 2. The zero-order valence-corrected chi connectivity index (χ0v) is 13.7. The Morgan fingerprint density at radius 1 is 0.667 bits per heavy atom. The Morgan fingerprint density at radius 2 is 1.33 bits per heavy atom. The summed E-state index contributed by atoms with van der Waals surface area (Å²) < 4.78 is 10.5. The minimum atomic E-state index is 0.823. The quantitative estimate of drug-likeness (QED) is 0.648. The maximum absolute atomic E-state index is 5.36. The SMILES string of the molecule is COc1ccc(C#Cc2ccc(OC)cc2-c2ccccc2)cc1. The summed E-state index contributed by atoms with van der Waals surface area (Å²) in [7, 11) is 3.33. The van der Waals surface area contributed by atoms with Crippen LogP contribution in [0.1, 0.15) is 11.1 Å². The van der Waals surface area contributed by atoms with Crippen molar-refractivity contribution < 1.29 is 9.47 Å². The Balaban J connectivity index is 2.00. The van der Waals surface area contributed by atoms with E-state index in [0.29, 0.717) is 0 Å². The lowest BCUT2D eigenvalue weighted by atomic mass is 9.99. The molecule has 0 spiro atoms. The van der Waals surface area contributed by atoms with Crippen LogP contribution in [0.15, 0.2) is 72.8 Å². The van der Waals surface area contributed by atoms with Gasteiger partial charge in [-0.05, 0) is 48.0 Å². The number of benzene rings is 3. The minimum absolute atomic E-state index is 0.823. The lowest BCUT2D eigenvalue weighted by Crippen LogP contribution is -1.88. The standard InChI is InChI=1S/C22H18O2/c1-23-20-13-9-17(10-14-20)8-11-19-12-15-21(24-2)16-22(19)18-6-4-3-5-7-18/h3-7,9-10,12-16H,1-2H3. The van der Waals surface area contributed by atoms with Gasteiger partial charge in [0, 0.05) is 16.7 Å². The van der Waals surface area contributed by atoms with Crippen LogP contribution in [0.4, 0.5) is 0 Å². The largest absolute Gasteiger partial charge is 0.497 e. The molecule has 24 heavy (non-hydrogen) atoms. The van der Waals surface area contributed by atoms with Crippen molar-refractivity contribution in [3.8, 4) is 34.5 Å². The fraction of sp³-hybridized carbons (Fsp3) is 0.0909. The third-order valence-electron chi connectivity index (χ3n) is 3.74. The van der Waals surface area contributed by atoms with Crippen LogP contribution in [0.3, 0.4) is 0 Å². The van der Waals surface area contributed by atoms with Crippen molar-refractivity contribution in [1.29, 1.82) is 0 Å². The molecule has 0 saturated carbocycles. The molecule has 0 aliphatic carbocycles. The molecule has 0 atom stereocenters. The Morgan fingerprint density at radius 3 is 2.00 bits per heavy atom. The first kappa shape index (κ1) is 15.7. The Hall–Kier alpha value is -3.18. The van der Waals surface area contributed by atoms with Gasteiger partial charge in [-0.2, -0.15) is 0 Å². The van der Waals surface area contributed by atoms with Gasteiger partial charge in [0.1, 0.15) is 11.5 Å². The van der Waals surface area contributed by atoms with E-state index in [-0.39, 0.29) is 0 Å². The molecule has 0 amide bonds. The molecule has 0 N–H and O–H groups in total. The summed E-state index contributed by atoms with van der Waals surface area (Å²) in [5, 5.41) is 0. The first-order chi connectivity index (χ1) is 11.8. The van der Waals surface area contributed by atoms with Gasteiger partial charge in [0.15, 0.2) is 0 Å². The smallest absolute Gasteiger partial charge is 0.119 e. The van der Waals surface area contributed by atoms with Crippen LogP contribution in [0.2, 0.25) is 0 Å². The molecule has 2 heteroatoms. The molecule has 0 heterocycles. The fourth-order valence-corrected chi connectivity index (χ4v) is 2.43. The number of hydrogen-bond donors (Lipinski definition) is 0. The average molecular weight is 314 g/mol. The minimum Gasteiger partial charge on any atom is -0.497 e. The summed E-state index contributed by atoms with van der Waals surface area (Å²) in [6, 6.07) is 23.9. The lowest BCUT2D eigenvalue weighted by molar-refractivity contribution is 0.414. The van der Waals surface area contributed by atoms with Crippen LogP contribution < -0.4 is 9.47 Å². The van der Waals surface area contributed by atoms with Gasteiger partial charge in [0.25, 0.3) is 0 Å². The van der Waals surface area contributed by atoms with Gasteiger partial charge < -0.3 is 9.47 Å². The summed E-state index contributed by atoms with van der Waals surface area (Å²) in [6.45, 7) is 0. The highest BCUT2D eigenvalue weighted by Crippen LogP contribution is 2.27. The van der Waals surface area contributed by atoms with Crippen molar-refractivity contribution >= 4 is 0 Å². The van der Waals surface area contributed by atoms with Crippen molar-refractivity contribution in [2.45, 2.75) is 0 Å². The van der Waals surface area contributed by atoms with E-state index in [4.69, 9.17) is 9.47 Å². The second kappa shape index (κ2) is 7.39. The van der Waals surface area contributed by atoms with E-state index in [1.54, 1.807) is 14.2 Å². The van der Waals surface area contributed by atoms with Gasteiger partial charge in [-0.1, -0.05) is 42.2 Å². The van der Waals surface area contributed by atoms with Gasteiger partial charge >= 0.3 is 0 Å². The molecule has 0 aromatic heterocycles. The lowest BCUT2D eigenvalue weighted by Gasteiger charge is -2.08. The van der Waals surface area contributed by atoms with E-state index >= 15 is 0 Å². The van der Waals surface area contributed by atoms with Crippen molar-refractivity contribution in [1.82, 2.24) is 0 Å². The normalized spacial score (nSPS) is 9.75. The number of hydrogen-bond acceptors (Lipinski definition) is 2. The first-order valence-corrected chi connectivity index (χ1v) is 7.69. The van der Waals surface area contributed by atoms with Crippen LogP contribution in [0.5, 0.6) is 11.5 Å². The van der Waals surface area contributed by atoms with Crippen LogP contribution in [-0.2, 0) is 0 Å². The first-order valence-electron chi connectivity index (χ1n) is 7.69. The second-order valence-electron chi connectivity index (χ2n) is 5.26. The van der Waals surface area contributed by atoms with Crippen molar-refractivity contribution in [3.05, 3.63) is 83.9 Å². The second-order valence-corrected chi connectivity index (χ2v) is 5.26. The molecule has 118 valence electrons. The van der Waals surface area contributed by atoms with Crippen LogP contribution >= 0.6 is 0 Å². The van der Waals surface area contributed by atoms with E-state index < -0.39 is 0 Å². The van der Waals surface area contributed by atoms with E-state index in [1.807, 2.05) is 60.7 Å². The summed E-state index contributed by atoms with van der Waals surface area (Å²) in [6.07, 6.45) is 0. The molecule has 0 aliphatic heterocycles. The number of rotatable bonds is 3. The molecule has 0 bridgehead atoms. The maximum Gasteiger partial charge on any atom is 0.119 e. The predicted molar refractivity (Wildman–Crippen MR) is 97.4 cm³/mol. The molecule has 3 rings (SSSR count). The van der Waals surface area contributed by atoms with Crippen molar-refractivity contribution in [2.75, 3.05) is 14.2 Å². The van der Waals surface area contributed by atoms with Crippen molar-refractivity contribution in [3.63, 3.8) is 0 Å². The van der Waals surface area contributed by atoms with Gasteiger partial charge in [0.2, 0.25) is 0 Å². The maximum atomic E-state index is 5.36. The highest BCUT2D eigenvalue weighted by atomic mass is 16.5. The van der Waals surface area contributed by atoms with Gasteiger partial charge in [-0.15, -0.1) is 0 Å². The molecular weight excluding hydrogens is 296 g/mol. The molecule has 0 aliphatic rings. The summed E-state index contributed by atoms with van der Waals surface area (Å²) >= 11 is 0. The van der Waals surface area contributed by atoms with E-state index in [0.717, 1.165) is 33.8 Å². The van der Waals surface area contributed by atoms with Gasteiger partial charge in [-0.25, -0.2) is 0 Å². The van der Waals surface area contributed by atoms with E-state index in [1.165, 1.54) is 0 Å². The van der Waals surface area contributed by atoms with Crippen LogP contribution in [-0.4, -0.2) is 14.2 Å². The highest BCUT2D eigenvalue weighted by molar-refractivity contribution is 5.73.